The number of nitrogens with one attached hydrogen (secondary N) is 3. The van der Waals surface area contributed by atoms with E-state index in [1.165, 1.54) is 31.5 Å². The second-order valence-corrected chi connectivity index (χ2v) is 8.62. The number of aromatic nitrogens is 6. The van der Waals surface area contributed by atoms with Crippen LogP contribution in [0.4, 0.5) is 15.9 Å². The first kappa shape index (κ1) is 22.8. The third-order valence-electron chi connectivity index (χ3n) is 5.31. The number of benzene rings is 2. The molecule has 5 aromatic rings. The van der Waals surface area contributed by atoms with Gasteiger partial charge in [-0.1, -0.05) is 17.7 Å². The molecule has 0 spiro atoms. The Bertz CT molecular complexity index is 1510. The average Bonchev–Trinajstić information content (AvgIpc) is 3.46. The van der Waals surface area contributed by atoms with Gasteiger partial charge in [0.05, 0.1) is 35.6 Å². The van der Waals surface area contributed by atoms with Gasteiger partial charge in [0.2, 0.25) is 0 Å². The highest BCUT2D eigenvalue weighted by Crippen LogP contribution is 2.33. The minimum absolute atomic E-state index is 0.163. The number of halogens is 2. The van der Waals surface area contributed by atoms with Crippen LogP contribution < -0.4 is 10.1 Å². The quantitative estimate of drug-likeness (QED) is 0.293. The predicted octanol–water partition coefficient (Wildman–Crippen LogP) is 5.02. The standard InChI is InChI=1S/C24H22ClFN8O/c1-34(2)12-13-4-7-17-18(8-13)30-24(29-17)21-19(10-28-33-21)31-23-20(35-3)11-27-22(32-23)15-9-14(25)5-6-16(15)26/h4-11H,12H2,1-3H3,(H,28,33)(H,29,30)(H,27,31,32). The van der Waals surface area contributed by atoms with Crippen molar-refractivity contribution in [1.29, 1.82) is 0 Å². The molecule has 3 N–H and O–H groups in total. The molecule has 0 aliphatic heterocycles. The Morgan fingerprint density at radius 2 is 2.00 bits per heavy atom. The van der Waals surface area contributed by atoms with E-state index >= 15 is 0 Å². The van der Waals surface area contributed by atoms with Gasteiger partial charge in [-0.2, -0.15) is 5.10 Å². The third kappa shape index (κ3) is 4.66. The van der Waals surface area contributed by atoms with Gasteiger partial charge in [0.15, 0.2) is 28.9 Å². The minimum Gasteiger partial charge on any atom is -0.491 e. The summed E-state index contributed by atoms with van der Waals surface area (Å²) in [7, 11) is 5.55. The highest BCUT2D eigenvalue weighted by atomic mass is 35.5. The zero-order valence-corrected chi connectivity index (χ0v) is 20.0. The van der Waals surface area contributed by atoms with Gasteiger partial charge in [-0.15, -0.1) is 0 Å². The van der Waals surface area contributed by atoms with Gasteiger partial charge in [0.1, 0.15) is 5.82 Å². The average molecular weight is 493 g/mol. The van der Waals surface area contributed by atoms with E-state index in [1.807, 2.05) is 26.2 Å². The van der Waals surface area contributed by atoms with E-state index in [-0.39, 0.29) is 11.4 Å². The molecule has 35 heavy (non-hydrogen) atoms. The number of H-pyrrole nitrogens is 2. The normalized spacial score (nSPS) is 11.4. The van der Waals surface area contributed by atoms with E-state index in [9.17, 15) is 4.39 Å². The lowest BCUT2D eigenvalue weighted by Gasteiger charge is -2.11. The molecule has 0 fully saturated rings. The molecule has 0 amide bonds. The molecule has 0 aliphatic carbocycles. The molecule has 3 aromatic heterocycles. The fourth-order valence-electron chi connectivity index (χ4n) is 3.73. The Morgan fingerprint density at radius 1 is 1.14 bits per heavy atom. The van der Waals surface area contributed by atoms with Crippen molar-refractivity contribution in [2.45, 2.75) is 6.54 Å². The van der Waals surface area contributed by atoms with Crippen LogP contribution in [0.3, 0.4) is 0 Å². The van der Waals surface area contributed by atoms with Crippen LogP contribution in [0.25, 0.3) is 33.9 Å². The maximum atomic E-state index is 14.4. The Morgan fingerprint density at radius 3 is 2.80 bits per heavy atom. The van der Waals surface area contributed by atoms with Gasteiger partial charge >= 0.3 is 0 Å². The van der Waals surface area contributed by atoms with Gasteiger partial charge in [-0.25, -0.2) is 19.3 Å². The number of methoxy groups -OCH3 is 1. The number of hydrogen-bond acceptors (Lipinski definition) is 7. The molecular formula is C24H22ClFN8O. The van der Waals surface area contributed by atoms with E-state index in [0.29, 0.717) is 33.8 Å². The van der Waals surface area contributed by atoms with Crippen LogP contribution in [0.1, 0.15) is 5.56 Å². The number of hydrogen-bond donors (Lipinski definition) is 3. The zero-order chi connectivity index (χ0) is 24.5. The molecule has 0 radical (unpaired) electrons. The van der Waals surface area contributed by atoms with Crippen molar-refractivity contribution >= 4 is 34.1 Å². The first-order valence-corrected chi connectivity index (χ1v) is 11.1. The van der Waals surface area contributed by atoms with Crippen LogP contribution in [-0.2, 0) is 6.54 Å². The smallest absolute Gasteiger partial charge is 0.179 e. The fraction of sp³-hybridized carbons (Fsp3) is 0.167. The lowest BCUT2D eigenvalue weighted by Crippen LogP contribution is -2.10. The summed E-state index contributed by atoms with van der Waals surface area (Å²) >= 11 is 6.05. The highest BCUT2D eigenvalue weighted by Gasteiger charge is 2.18. The van der Waals surface area contributed by atoms with Crippen molar-refractivity contribution in [2.24, 2.45) is 0 Å². The Labute approximate surface area is 205 Å². The zero-order valence-electron chi connectivity index (χ0n) is 19.2. The maximum absolute atomic E-state index is 14.4. The molecular weight excluding hydrogens is 471 g/mol. The summed E-state index contributed by atoms with van der Waals surface area (Å²) in [6.07, 6.45) is 3.15. The molecule has 178 valence electrons. The number of nitrogens with zero attached hydrogens (tertiary/aromatic N) is 5. The van der Waals surface area contributed by atoms with E-state index in [0.717, 1.165) is 23.1 Å². The van der Waals surface area contributed by atoms with Gasteiger partial charge in [0.25, 0.3) is 0 Å². The summed E-state index contributed by atoms with van der Waals surface area (Å²) in [5.74, 6) is 0.978. The second-order valence-electron chi connectivity index (χ2n) is 8.18. The van der Waals surface area contributed by atoms with Gasteiger partial charge in [-0.05, 0) is 50.0 Å². The summed E-state index contributed by atoms with van der Waals surface area (Å²) < 4.78 is 19.8. The van der Waals surface area contributed by atoms with Crippen molar-refractivity contribution in [1.82, 2.24) is 35.0 Å². The van der Waals surface area contributed by atoms with Crippen molar-refractivity contribution in [3.05, 3.63) is 65.2 Å². The Balaban J connectivity index is 1.50. The number of aromatic amines is 2. The van der Waals surface area contributed by atoms with Gasteiger partial charge in [-0.3, -0.25) is 5.10 Å². The van der Waals surface area contributed by atoms with E-state index in [1.54, 1.807) is 6.20 Å². The summed E-state index contributed by atoms with van der Waals surface area (Å²) in [5.41, 5.74) is 4.24. The van der Waals surface area contributed by atoms with E-state index in [2.05, 4.69) is 41.4 Å². The summed E-state index contributed by atoms with van der Waals surface area (Å²) in [6, 6.07) is 10.3. The molecule has 0 saturated heterocycles. The van der Waals surface area contributed by atoms with Crippen LogP contribution in [0.15, 0.2) is 48.8 Å². The Kier molecular flexibility index (Phi) is 6.06. The second kappa shape index (κ2) is 9.32. The first-order valence-electron chi connectivity index (χ1n) is 10.7. The van der Waals surface area contributed by atoms with E-state index < -0.39 is 5.82 Å². The largest absolute Gasteiger partial charge is 0.491 e. The number of rotatable bonds is 7. The summed E-state index contributed by atoms with van der Waals surface area (Å²) in [4.78, 5) is 18.9. The number of ether oxygens (including phenoxy) is 1. The number of anilines is 2. The number of imidazole rings is 1. The molecule has 0 atom stereocenters. The highest BCUT2D eigenvalue weighted by molar-refractivity contribution is 6.30. The molecule has 3 heterocycles. The van der Waals surface area contributed by atoms with Crippen molar-refractivity contribution < 1.29 is 9.13 Å². The maximum Gasteiger partial charge on any atom is 0.179 e. The van der Waals surface area contributed by atoms with Gasteiger partial charge in [0, 0.05) is 17.8 Å². The van der Waals surface area contributed by atoms with Crippen LogP contribution in [-0.4, -0.2) is 56.2 Å². The predicted molar refractivity (Wildman–Crippen MR) is 133 cm³/mol. The lowest BCUT2D eigenvalue weighted by atomic mass is 10.2. The molecule has 0 aliphatic rings. The molecule has 5 rings (SSSR count). The lowest BCUT2D eigenvalue weighted by molar-refractivity contribution is 0.402. The first-order chi connectivity index (χ1) is 16.9. The fourth-order valence-corrected chi connectivity index (χ4v) is 3.90. The van der Waals surface area contributed by atoms with Crippen molar-refractivity contribution in [3.8, 4) is 28.7 Å². The molecule has 2 aromatic carbocycles. The Hall–Kier alpha value is -4.02. The SMILES string of the molecule is COc1cnc(-c2cc(Cl)ccc2F)nc1Nc1c[nH]nc1-c1nc2cc(CN(C)C)ccc2[nH]1. The third-order valence-corrected chi connectivity index (χ3v) is 5.54. The summed E-state index contributed by atoms with van der Waals surface area (Å²) in [6.45, 7) is 0.816. The van der Waals surface area contributed by atoms with Crippen molar-refractivity contribution in [2.75, 3.05) is 26.5 Å². The molecule has 11 heteroatoms. The topological polar surface area (TPSA) is 108 Å². The van der Waals surface area contributed by atoms with Gasteiger partial charge < -0.3 is 19.9 Å². The van der Waals surface area contributed by atoms with E-state index in [4.69, 9.17) is 21.3 Å². The molecule has 0 unspecified atom stereocenters. The van der Waals surface area contributed by atoms with Crippen LogP contribution in [0.5, 0.6) is 5.75 Å². The van der Waals surface area contributed by atoms with Crippen LogP contribution >= 0.6 is 11.6 Å². The minimum atomic E-state index is -0.481. The van der Waals surface area contributed by atoms with Crippen molar-refractivity contribution in [3.63, 3.8) is 0 Å². The molecule has 9 nitrogen and oxygen atoms in total. The van der Waals surface area contributed by atoms with Crippen LogP contribution in [0, 0.1) is 5.82 Å². The van der Waals surface area contributed by atoms with Crippen LogP contribution in [0.2, 0.25) is 5.02 Å². The summed E-state index contributed by atoms with van der Waals surface area (Å²) in [5, 5.41) is 10.8. The number of fused-ring (bicyclic) bond motifs is 1. The molecule has 0 saturated carbocycles. The molecule has 0 bridgehead atoms. The monoisotopic (exact) mass is 492 g/mol.